The van der Waals surface area contributed by atoms with E-state index in [9.17, 15) is 0 Å². The molecule has 0 aromatic heterocycles. The maximum Gasteiger partial charge on any atom is -0.00107 e. The summed E-state index contributed by atoms with van der Waals surface area (Å²) in [6.45, 7) is 9.13. The van der Waals surface area contributed by atoms with Crippen LogP contribution in [0.4, 0.5) is 0 Å². The van der Waals surface area contributed by atoms with Crippen LogP contribution in [-0.2, 0) is 19.3 Å². The summed E-state index contributed by atoms with van der Waals surface area (Å²) in [5.74, 6) is 0. The van der Waals surface area contributed by atoms with E-state index in [1.54, 1.807) is 16.7 Å². The van der Waals surface area contributed by atoms with Crippen molar-refractivity contribution >= 4 is 11.1 Å². The summed E-state index contributed by atoms with van der Waals surface area (Å²) < 4.78 is 0. The van der Waals surface area contributed by atoms with Crippen molar-refractivity contribution in [2.24, 2.45) is 0 Å². The highest BCUT2D eigenvalue weighted by atomic mass is 14.3. The third-order valence-electron chi connectivity index (χ3n) is 5.17. The van der Waals surface area contributed by atoms with Crippen LogP contribution in [0.3, 0.4) is 0 Å². The van der Waals surface area contributed by atoms with Crippen molar-refractivity contribution in [2.75, 3.05) is 0 Å². The number of hydrogen-bond acceptors (Lipinski definition) is 0. The Labute approximate surface area is 141 Å². The lowest BCUT2D eigenvalue weighted by molar-refractivity contribution is 0.858. The van der Waals surface area contributed by atoms with Crippen LogP contribution in [0.5, 0.6) is 0 Å². The van der Waals surface area contributed by atoms with Crippen molar-refractivity contribution in [1.29, 1.82) is 0 Å². The molecular weight excluding hydrogens is 276 g/mol. The summed E-state index contributed by atoms with van der Waals surface area (Å²) in [5, 5.41) is 0. The van der Waals surface area contributed by atoms with Crippen LogP contribution in [0.25, 0.3) is 11.1 Å². The largest absolute Gasteiger partial charge is 0.0651 e. The highest BCUT2D eigenvalue weighted by Gasteiger charge is 2.23. The molecule has 120 valence electrons. The van der Waals surface area contributed by atoms with Crippen LogP contribution in [0, 0.1) is 6.92 Å². The lowest BCUT2D eigenvalue weighted by Crippen LogP contribution is -2.00. The monoisotopic (exact) mass is 304 g/mol. The zero-order chi connectivity index (χ0) is 16.4. The zero-order valence-electron chi connectivity index (χ0n) is 15.0. The predicted molar refractivity (Wildman–Crippen MR) is 102 cm³/mol. The molecule has 0 spiro atoms. The summed E-state index contributed by atoms with van der Waals surface area (Å²) in [6, 6.07) is 13.7. The predicted octanol–water partition coefficient (Wildman–Crippen LogP) is 6.39. The Morgan fingerprint density at radius 2 is 1.61 bits per heavy atom. The average Bonchev–Trinajstić information content (AvgIpc) is 2.88. The fourth-order valence-corrected chi connectivity index (χ4v) is 4.15. The number of hydrogen-bond donors (Lipinski definition) is 0. The molecule has 0 unspecified atom stereocenters. The Morgan fingerprint density at radius 3 is 2.30 bits per heavy atom. The van der Waals surface area contributed by atoms with Crippen LogP contribution in [0.2, 0.25) is 0 Å². The second kappa shape index (κ2) is 6.74. The maximum atomic E-state index is 2.35. The van der Waals surface area contributed by atoms with Crippen molar-refractivity contribution in [2.45, 2.75) is 59.8 Å². The quantitative estimate of drug-likeness (QED) is 0.600. The van der Waals surface area contributed by atoms with Gasteiger partial charge in [-0.2, -0.15) is 0 Å². The molecule has 0 heterocycles. The summed E-state index contributed by atoms with van der Waals surface area (Å²) in [7, 11) is 0. The first-order valence-electron chi connectivity index (χ1n) is 9.07. The first-order chi connectivity index (χ1) is 11.2. The molecule has 0 saturated heterocycles. The van der Waals surface area contributed by atoms with Crippen molar-refractivity contribution in [1.82, 2.24) is 0 Å². The summed E-state index contributed by atoms with van der Waals surface area (Å²) in [5.41, 5.74) is 12.1. The van der Waals surface area contributed by atoms with Gasteiger partial charge < -0.3 is 0 Å². The van der Waals surface area contributed by atoms with Gasteiger partial charge in [0, 0.05) is 0 Å². The van der Waals surface area contributed by atoms with Gasteiger partial charge >= 0.3 is 0 Å². The second-order valence-electron chi connectivity index (χ2n) is 6.83. The summed E-state index contributed by atoms with van der Waals surface area (Å²) in [4.78, 5) is 0. The van der Waals surface area contributed by atoms with E-state index in [4.69, 9.17) is 0 Å². The van der Waals surface area contributed by atoms with Crippen LogP contribution in [0.15, 0.2) is 36.4 Å². The molecule has 0 radical (unpaired) electrons. The fraction of sp³-hybridized carbons (Fsp3) is 0.391. The molecule has 0 heteroatoms. The van der Waals surface area contributed by atoms with Gasteiger partial charge in [-0.1, -0.05) is 63.1 Å². The highest BCUT2D eigenvalue weighted by Crippen LogP contribution is 2.41. The Morgan fingerprint density at radius 1 is 0.870 bits per heavy atom. The SMILES string of the molecule is CCCc1cccc(C2=C(C)c3c(C)cccc3C2)c1CCC. The lowest BCUT2D eigenvalue weighted by atomic mass is 9.89. The number of rotatable bonds is 5. The van der Waals surface area contributed by atoms with Gasteiger partial charge in [0.15, 0.2) is 0 Å². The first-order valence-corrected chi connectivity index (χ1v) is 9.07. The van der Waals surface area contributed by atoms with E-state index in [-0.39, 0.29) is 0 Å². The van der Waals surface area contributed by atoms with Crippen LogP contribution < -0.4 is 0 Å². The van der Waals surface area contributed by atoms with Gasteiger partial charge in [0.1, 0.15) is 0 Å². The van der Waals surface area contributed by atoms with E-state index in [1.165, 1.54) is 53.5 Å². The molecular formula is C23H28. The van der Waals surface area contributed by atoms with Gasteiger partial charge in [0.05, 0.1) is 0 Å². The van der Waals surface area contributed by atoms with Gasteiger partial charge in [-0.25, -0.2) is 0 Å². The molecule has 2 aromatic carbocycles. The first kappa shape index (κ1) is 16.1. The molecule has 0 bridgehead atoms. The Balaban J connectivity index is 2.13. The molecule has 0 atom stereocenters. The molecule has 3 rings (SSSR count). The standard InChI is InChI=1S/C23H28/c1-5-9-18-12-8-14-21(20(18)10-6-2)22-15-19-13-7-11-16(3)23(19)17(22)4/h7-8,11-14H,5-6,9-10,15H2,1-4H3. The summed E-state index contributed by atoms with van der Waals surface area (Å²) >= 11 is 0. The molecule has 0 aliphatic heterocycles. The average molecular weight is 304 g/mol. The van der Waals surface area contributed by atoms with E-state index in [1.807, 2.05) is 0 Å². The van der Waals surface area contributed by atoms with E-state index >= 15 is 0 Å². The molecule has 0 amide bonds. The Hall–Kier alpha value is -1.82. The van der Waals surface area contributed by atoms with E-state index in [0.717, 1.165) is 6.42 Å². The third-order valence-corrected chi connectivity index (χ3v) is 5.17. The molecule has 23 heavy (non-hydrogen) atoms. The van der Waals surface area contributed by atoms with Gasteiger partial charge in [0.2, 0.25) is 0 Å². The van der Waals surface area contributed by atoms with Crippen LogP contribution in [-0.4, -0.2) is 0 Å². The van der Waals surface area contributed by atoms with E-state index in [2.05, 4.69) is 64.1 Å². The molecule has 1 aliphatic rings. The highest BCUT2D eigenvalue weighted by molar-refractivity contribution is 5.97. The third kappa shape index (κ3) is 2.87. The van der Waals surface area contributed by atoms with Crippen molar-refractivity contribution < 1.29 is 0 Å². The molecule has 2 aromatic rings. The van der Waals surface area contributed by atoms with Crippen LogP contribution >= 0.6 is 0 Å². The number of benzene rings is 2. The van der Waals surface area contributed by atoms with E-state index in [0.29, 0.717) is 0 Å². The minimum Gasteiger partial charge on any atom is -0.0651 e. The molecule has 0 N–H and O–H groups in total. The van der Waals surface area contributed by atoms with Crippen LogP contribution in [0.1, 0.15) is 67.0 Å². The second-order valence-corrected chi connectivity index (χ2v) is 6.83. The van der Waals surface area contributed by atoms with Gasteiger partial charge in [-0.15, -0.1) is 0 Å². The molecule has 0 saturated carbocycles. The van der Waals surface area contributed by atoms with Crippen molar-refractivity contribution in [3.63, 3.8) is 0 Å². The molecule has 0 fully saturated rings. The smallest absolute Gasteiger partial charge is 0.00107 e. The van der Waals surface area contributed by atoms with Crippen molar-refractivity contribution in [3.8, 4) is 0 Å². The summed E-state index contributed by atoms with van der Waals surface area (Å²) in [6.07, 6.45) is 5.91. The number of allylic oxidation sites excluding steroid dienone is 2. The Bertz CT molecular complexity index is 747. The maximum absolute atomic E-state index is 2.35. The van der Waals surface area contributed by atoms with Crippen molar-refractivity contribution in [3.05, 3.63) is 69.8 Å². The van der Waals surface area contributed by atoms with Gasteiger partial charge in [0.25, 0.3) is 0 Å². The van der Waals surface area contributed by atoms with Gasteiger partial charge in [-0.05, 0) is 77.6 Å². The van der Waals surface area contributed by atoms with Gasteiger partial charge in [-0.3, -0.25) is 0 Å². The number of aryl methyl sites for hydroxylation is 2. The van der Waals surface area contributed by atoms with E-state index < -0.39 is 0 Å². The topological polar surface area (TPSA) is 0 Å². The normalized spacial score (nSPS) is 13.6. The Kier molecular flexibility index (Phi) is 4.71. The minimum atomic E-state index is 1.09. The molecule has 0 nitrogen and oxygen atoms in total. The zero-order valence-corrected chi connectivity index (χ0v) is 15.0. The lowest BCUT2D eigenvalue weighted by Gasteiger charge is -2.16. The fourth-order valence-electron chi connectivity index (χ4n) is 4.15. The molecule has 1 aliphatic carbocycles. The minimum absolute atomic E-state index is 1.09. The number of fused-ring (bicyclic) bond motifs is 1.